The van der Waals surface area contributed by atoms with Crippen molar-refractivity contribution in [1.82, 2.24) is 5.32 Å². The van der Waals surface area contributed by atoms with Crippen molar-refractivity contribution in [3.8, 4) is 5.75 Å². The van der Waals surface area contributed by atoms with Gasteiger partial charge in [0.05, 0.1) is 6.61 Å². The maximum absolute atomic E-state index is 12.6. The number of ether oxygens (including phenoxy) is 1. The fourth-order valence-corrected chi connectivity index (χ4v) is 3.60. The molecule has 1 saturated heterocycles. The fourth-order valence-electron chi connectivity index (χ4n) is 3.21. The van der Waals surface area contributed by atoms with Crippen molar-refractivity contribution in [2.45, 2.75) is 26.2 Å². The largest absolute Gasteiger partial charge is 0.494 e. The van der Waals surface area contributed by atoms with Crippen LogP contribution in [0.4, 0.5) is 5.69 Å². The van der Waals surface area contributed by atoms with Gasteiger partial charge in [-0.15, -0.1) is 0 Å². The average molecular weight is 445 g/mol. The van der Waals surface area contributed by atoms with E-state index in [9.17, 15) is 9.59 Å². The van der Waals surface area contributed by atoms with Crippen molar-refractivity contribution in [2.75, 3.05) is 24.6 Å². The number of amides is 2. The number of hydrogen-bond donors (Lipinski definition) is 1. The van der Waals surface area contributed by atoms with Crippen LogP contribution in [-0.2, 0) is 9.59 Å². The molecule has 1 unspecified atom stereocenters. The number of hydrogen-bond acceptors (Lipinski definition) is 3. The second-order valence-corrected chi connectivity index (χ2v) is 7.89. The van der Waals surface area contributed by atoms with E-state index in [-0.39, 0.29) is 11.8 Å². The molecule has 1 aliphatic heterocycles. The molecular formula is C22H25BrN2O3. The highest BCUT2D eigenvalue weighted by molar-refractivity contribution is 9.10. The van der Waals surface area contributed by atoms with E-state index < -0.39 is 5.92 Å². The number of halogens is 1. The molecule has 1 atom stereocenters. The Hall–Kier alpha value is -2.34. The molecule has 0 radical (unpaired) electrons. The molecule has 0 saturated carbocycles. The van der Waals surface area contributed by atoms with Gasteiger partial charge < -0.3 is 15.0 Å². The molecule has 3 rings (SSSR count). The Balaban J connectivity index is 1.37. The summed E-state index contributed by atoms with van der Waals surface area (Å²) in [6, 6.07) is 15.5. The van der Waals surface area contributed by atoms with Gasteiger partial charge in [0.1, 0.15) is 11.7 Å². The summed E-state index contributed by atoms with van der Waals surface area (Å²) in [5.74, 6) is -0.0399. The third kappa shape index (κ3) is 5.35. The summed E-state index contributed by atoms with van der Waals surface area (Å²) in [5, 5.41) is 2.89. The molecule has 0 bridgehead atoms. The van der Waals surface area contributed by atoms with Gasteiger partial charge in [0.15, 0.2) is 0 Å². The van der Waals surface area contributed by atoms with Gasteiger partial charge in [-0.3, -0.25) is 9.59 Å². The lowest BCUT2D eigenvalue weighted by Crippen LogP contribution is -2.37. The highest BCUT2D eigenvalue weighted by atomic mass is 79.9. The SMILES string of the molecule is Cc1ccc(OCCCCNC(=O)C2CCN(c3cccc(Br)c3)C2=O)cc1. The number of carbonyl (C=O) groups excluding carboxylic acids is 2. The zero-order chi connectivity index (χ0) is 19.9. The average Bonchev–Trinajstić information content (AvgIpc) is 3.07. The van der Waals surface area contributed by atoms with Gasteiger partial charge in [-0.1, -0.05) is 39.7 Å². The van der Waals surface area contributed by atoms with Crippen molar-refractivity contribution < 1.29 is 14.3 Å². The van der Waals surface area contributed by atoms with Crippen LogP contribution in [0.1, 0.15) is 24.8 Å². The molecule has 1 heterocycles. The van der Waals surface area contributed by atoms with Crippen LogP contribution in [0.5, 0.6) is 5.75 Å². The highest BCUT2D eigenvalue weighted by Crippen LogP contribution is 2.27. The summed E-state index contributed by atoms with van der Waals surface area (Å²) >= 11 is 3.42. The number of aryl methyl sites for hydroxylation is 1. The van der Waals surface area contributed by atoms with Gasteiger partial charge in [-0.05, 0) is 56.5 Å². The molecule has 5 nitrogen and oxygen atoms in total. The third-order valence-corrected chi connectivity index (χ3v) is 5.30. The van der Waals surface area contributed by atoms with E-state index in [0.717, 1.165) is 28.8 Å². The van der Waals surface area contributed by atoms with E-state index in [0.29, 0.717) is 26.1 Å². The lowest BCUT2D eigenvalue weighted by Gasteiger charge is -2.17. The zero-order valence-corrected chi connectivity index (χ0v) is 17.6. The zero-order valence-electron chi connectivity index (χ0n) is 16.0. The van der Waals surface area contributed by atoms with Crippen molar-refractivity contribution in [3.05, 3.63) is 58.6 Å². The van der Waals surface area contributed by atoms with Gasteiger partial charge in [-0.2, -0.15) is 0 Å². The number of nitrogens with one attached hydrogen (secondary N) is 1. The standard InChI is InChI=1S/C22H25BrN2O3/c1-16-7-9-19(10-8-16)28-14-3-2-12-24-21(26)20-11-13-25(22(20)27)18-6-4-5-17(23)15-18/h4-10,15,20H,2-3,11-14H2,1H3,(H,24,26). The van der Waals surface area contributed by atoms with Crippen molar-refractivity contribution in [3.63, 3.8) is 0 Å². The number of rotatable bonds is 8. The summed E-state index contributed by atoms with van der Waals surface area (Å²) in [7, 11) is 0. The van der Waals surface area contributed by atoms with E-state index in [1.165, 1.54) is 5.56 Å². The predicted molar refractivity (Wildman–Crippen MR) is 114 cm³/mol. The molecular weight excluding hydrogens is 420 g/mol. The Labute approximate surface area is 174 Å². The lowest BCUT2D eigenvalue weighted by molar-refractivity contribution is -0.132. The van der Waals surface area contributed by atoms with Crippen molar-refractivity contribution >= 4 is 33.4 Å². The molecule has 1 aliphatic rings. The number of unbranched alkanes of at least 4 members (excludes halogenated alkanes) is 1. The van der Waals surface area contributed by atoms with Gasteiger partial charge in [0, 0.05) is 23.2 Å². The first kappa shape index (κ1) is 20.4. The van der Waals surface area contributed by atoms with Gasteiger partial charge in [0.2, 0.25) is 11.8 Å². The minimum Gasteiger partial charge on any atom is -0.494 e. The van der Waals surface area contributed by atoms with Crippen LogP contribution in [0.25, 0.3) is 0 Å². The first-order chi connectivity index (χ1) is 13.5. The molecule has 6 heteroatoms. The number of anilines is 1. The number of carbonyl (C=O) groups is 2. The van der Waals surface area contributed by atoms with Crippen LogP contribution in [0.2, 0.25) is 0 Å². The van der Waals surface area contributed by atoms with Crippen LogP contribution in [0, 0.1) is 12.8 Å². The van der Waals surface area contributed by atoms with E-state index in [2.05, 4.69) is 21.2 Å². The van der Waals surface area contributed by atoms with Crippen LogP contribution in [0.3, 0.4) is 0 Å². The molecule has 1 N–H and O–H groups in total. The Bertz CT molecular complexity index is 823. The summed E-state index contributed by atoms with van der Waals surface area (Å²) in [4.78, 5) is 26.7. The number of nitrogens with zero attached hydrogens (tertiary/aromatic N) is 1. The molecule has 28 heavy (non-hydrogen) atoms. The molecule has 1 fully saturated rings. The number of benzene rings is 2. The highest BCUT2D eigenvalue weighted by Gasteiger charge is 2.37. The summed E-state index contributed by atoms with van der Waals surface area (Å²) in [5.41, 5.74) is 2.03. The van der Waals surface area contributed by atoms with E-state index in [1.54, 1.807) is 4.90 Å². The molecule has 0 aliphatic carbocycles. The molecule has 2 aromatic rings. The normalized spacial score (nSPS) is 16.3. The molecule has 2 aromatic carbocycles. The summed E-state index contributed by atoms with van der Waals surface area (Å²) in [6.45, 7) is 3.77. The maximum Gasteiger partial charge on any atom is 0.239 e. The smallest absolute Gasteiger partial charge is 0.239 e. The molecule has 2 amide bonds. The minimum atomic E-state index is -0.595. The second-order valence-electron chi connectivity index (χ2n) is 6.97. The van der Waals surface area contributed by atoms with E-state index in [1.807, 2.05) is 55.5 Å². The van der Waals surface area contributed by atoms with Crippen LogP contribution in [-0.4, -0.2) is 31.5 Å². The van der Waals surface area contributed by atoms with E-state index in [4.69, 9.17) is 4.74 Å². The van der Waals surface area contributed by atoms with Crippen molar-refractivity contribution in [1.29, 1.82) is 0 Å². The first-order valence-electron chi connectivity index (χ1n) is 9.59. The Kier molecular flexibility index (Phi) is 7.09. The Morgan fingerprint density at radius 3 is 2.75 bits per heavy atom. The van der Waals surface area contributed by atoms with Crippen LogP contribution >= 0.6 is 15.9 Å². The van der Waals surface area contributed by atoms with Gasteiger partial charge >= 0.3 is 0 Å². The monoisotopic (exact) mass is 444 g/mol. The fraction of sp³-hybridized carbons (Fsp3) is 0.364. The van der Waals surface area contributed by atoms with Crippen LogP contribution in [0.15, 0.2) is 53.0 Å². The maximum atomic E-state index is 12.6. The molecule has 148 valence electrons. The molecule has 0 spiro atoms. The first-order valence-corrected chi connectivity index (χ1v) is 10.4. The van der Waals surface area contributed by atoms with Crippen molar-refractivity contribution in [2.24, 2.45) is 5.92 Å². The Morgan fingerprint density at radius 1 is 1.21 bits per heavy atom. The van der Waals surface area contributed by atoms with E-state index >= 15 is 0 Å². The predicted octanol–water partition coefficient (Wildman–Crippen LogP) is 4.09. The minimum absolute atomic E-state index is 0.127. The lowest BCUT2D eigenvalue weighted by atomic mass is 10.1. The van der Waals surface area contributed by atoms with Gasteiger partial charge in [0.25, 0.3) is 0 Å². The molecule has 0 aromatic heterocycles. The third-order valence-electron chi connectivity index (χ3n) is 4.80. The quantitative estimate of drug-likeness (QED) is 0.492. The second kappa shape index (κ2) is 9.73. The summed E-state index contributed by atoms with van der Waals surface area (Å²) < 4.78 is 6.60. The summed E-state index contributed by atoms with van der Waals surface area (Å²) in [6.07, 6.45) is 2.21. The Morgan fingerprint density at radius 2 is 2.00 bits per heavy atom. The topological polar surface area (TPSA) is 58.6 Å². The van der Waals surface area contributed by atoms with Gasteiger partial charge in [-0.25, -0.2) is 0 Å². The van der Waals surface area contributed by atoms with Crippen LogP contribution < -0.4 is 15.0 Å².